The maximum atomic E-state index is 5.34. The Morgan fingerprint density at radius 2 is 2.67 bits per heavy atom. The molecule has 0 saturated carbocycles. The monoisotopic (exact) mass is 100.0 g/mol. The van der Waals surface area contributed by atoms with Gasteiger partial charge in [-0.3, -0.25) is 0 Å². The molecule has 6 heavy (non-hydrogen) atoms. The molecule has 1 aromatic rings. The van der Waals surface area contributed by atoms with Gasteiger partial charge < -0.3 is 4.98 Å². The summed E-state index contributed by atoms with van der Waals surface area (Å²) in [7, 11) is 0. The minimum absolute atomic E-state index is 0.565. The standard InChI is InChI=1S/C4H3ClN/c5-4-2-1-3-6-4/h1,3,6H. The van der Waals surface area contributed by atoms with E-state index in [9.17, 15) is 0 Å². The fourth-order valence-electron chi connectivity index (χ4n) is 0.271. The van der Waals surface area contributed by atoms with Crippen molar-refractivity contribution in [3.63, 3.8) is 0 Å². The first-order valence-electron chi connectivity index (χ1n) is 1.60. The quantitative estimate of drug-likeness (QED) is 0.508. The molecule has 0 amide bonds. The summed E-state index contributed by atoms with van der Waals surface area (Å²) in [6.07, 6.45) is 1.72. The maximum absolute atomic E-state index is 5.34. The zero-order chi connectivity index (χ0) is 4.41. The SMILES string of the molecule is Clc1[c]cc[nH]1. The molecule has 1 N–H and O–H groups in total. The van der Waals surface area contributed by atoms with Gasteiger partial charge in [0.05, 0.1) is 0 Å². The number of rotatable bonds is 0. The molecular weight excluding hydrogens is 97.5 g/mol. The molecule has 0 fully saturated rings. The topological polar surface area (TPSA) is 15.8 Å². The lowest BCUT2D eigenvalue weighted by Crippen LogP contribution is -1.50. The number of aromatic amines is 1. The fourth-order valence-corrected chi connectivity index (χ4v) is 0.397. The van der Waals surface area contributed by atoms with E-state index in [2.05, 4.69) is 11.1 Å². The van der Waals surface area contributed by atoms with E-state index in [0.717, 1.165) is 0 Å². The molecule has 0 bridgehead atoms. The van der Waals surface area contributed by atoms with Crippen molar-refractivity contribution >= 4 is 11.6 Å². The first-order chi connectivity index (χ1) is 2.89. The Kier molecular flexibility index (Phi) is 0.843. The molecule has 2 heteroatoms. The summed E-state index contributed by atoms with van der Waals surface area (Å²) in [5.41, 5.74) is 0. The van der Waals surface area contributed by atoms with Gasteiger partial charge in [-0.15, -0.1) is 0 Å². The van der Waals surface area contributed by atoms with E-state index in [1.165, 1.54) is 0 Å². The number of halogens is 1. The third kappa shape index (κ3) is 0.546. The van der Waals surface area contributed by atoms with Crippen LogP contribution >= 0.6 is 11.6 Å². The van der Waals surface area contributed by atoms with Gasteiger partial charge >= 0.3 is 0 Å². The molecular formula is C4H3ClN. The van der Waals surface area contributed by atoms with Gasteiger partial charge in [0.25, 0.3) is 0 Å². The highest BCUT2D eigenvalue weighted by Gasteiger charge is 1.76. The molecule has 1 heterocycles. The fraction of sp³-hybridized carbons (Fsp3) is 0. The first kappa shape index (κ1) is 3.75. The summed E-state index contributed by atoms with van der Waals surface area (Å²) in [4.78, 5) is 2.71. The Balaban J connectivity index is 3.05. The molecule has 0 unspecified atom stereocenters. The molecule has 0 aliphatic carbocycles. The molecule has 31 valence electrons. The third-order valence-electron chi connectivity index (χ3n) is 0.503. The van der Waals surface area contributed by atoms with Crippen molar-refractivity contribution in [3.05, 3.63) is 23.5 Å². The number of H-pyrrole nitrogens is 1. The minimum atomic E-state index is 0.565. The molecule has 1 nitrogen and oxygen atoms in total. The van der Waals surface area contributed by atoms with E-state index < -0.39 is 0 Å². The number of hydrogen-bond acceptors (Lipinski definition) is 0. The molecule has 0 saturated heterocycles. The zero-order valence-electron chi connectivity index (χ0n) is 3.03. The van der Waals surface area contributed by atoms with E-state index in [4.69, 9.17) is 11.6 Å². The van der Waals surface area contributed by atoms with Crippen LogP contribution in [-0.2, 0) is 0 Å². The van der Waals surface area contributed by atoms with Crippen LogP contribution in [-0.4, -0.2) is 4.98 Å². The highest BCUT2D eigenvalue weighted by atomic mass is 35.5. The van der Waals surface area contributed by atoms with Crippen molar-refractivity contribution in [3.8, 4) is 0 Å². The van der Waals surface area contributed by atoms with Crippen LogP contribution in [0.3, 0.4) is 0 Å². The van der Waals surface area contributed by atoms with Crippen LogP contribution in [0.2, 0.25) is 5.15 Å². The van der Waals surface area contributed by atoms with E-state index in [0.29, 0.717) is 5.15 Å². The molecule has 0 atom stereocenters. The van der Waals surface area contributed by atoms with Crippen molar-refractivity contribution in [2.45, 2.75) is 0 Å². The van der Waals surface area contributed by atoms with Crippen LogP contribution < -0.4 is 0 Å². The lowest BCUT2D eigenvalue weighted by atomic mass is 10.7. The third-order valence-corrected chi connectivity index (χ3v) is 0.722. The average molecular weight is 101 g/mol. The van der Waals surface area contributed by atoms with E-state index in [-0.39, 0.29) is 0 Å². The molecule has 1 rings (SSSR count). The van der Waals surface area contributed by atoms with Crippen molar-refractivity contribution in [1.82, 2.24) is 4.98 Å². The highest BCUT2D eigenvalue weighted by molar-refractivity contribution is 6.29. The zero-order valence-corrected chi connectivity index (χ0v) is 3.79. The lowest BCUT2D eigenvalue weighted by Gasteiger charge is -1.65. The van der Waals surface area contributed by atoms with Gasteiger partial charge in [0.15, 0.2) is 0 Å². The van der Waals surface area contributed by atoms with Crippen LogP contribution in [0.1, 0.15) is 0 Å². The summed E-state index contributed by atoms with van der Waals surface area (Å²) in [6.45, 7) is 0. The number of nitrogens with one attached hydrogen (secondary N) is 1. The minimum Gasteiger partial charge on any atom is -0.352 e. The second-order valence-electron chi connectivity index (χ2n) is 0.936. The smallest absolute Gasteiger partial charge is 0.114 e. The summed E-state index contributed by atoms with van der Waals surface area (Å²) in [5.74, 6) is 0. The highest BCUT2D eigenvalue weighted by Crippen LogP contribution is 1.98. The Morgan fingerprint density at radius 1 is 1.83 bits per heavy atom. The van der Waals surface area contributed by atoms with E-state index >= 15 is 0 Å². The normalized spacial score (nSPS) is 8.83. The van der Waals surface area contributed by atoms with E-state index in [1.54, 1.807) is 12.3 Å². The first-order valence-corrected chi connectivity index (χ1v) is 1.98. The molecule has 0 aromatic carbocycles. The van der Waals surface area contributed by atoms with Gasteiger partial charge in [0.2, 0.25) is 0 Å². The second-order valence-corrected chi connectivity index (χ2v) is 1.31. The van der Waals surface area contributed by atoms with Crippen molar-refractivity contribution < 1.29 is 0 Å². The van der Waals surface area contributed by atoms with Gasteiger partial charge in [0.1, 0.15) is 5.15 Å². The molecule has 1 radical (unpaired) electrons. The average Bonchev–Trinajstić information content (AvgIpc) is 1.86. The summed E-state index contributed by atoms with van der Waals surface area (Å²) in [6, 6.07) is 4.43. The van der Waals surface area contributed by atoms with Crippen LogP contribution in [0, 0.1) is 6.07 Å². The largest absolute Gasteiger partial charge is 0.352 e. The van der Waals surface area contributed by atoms with Crippen molar-refractivity contribution in [2.24, 2.45) is 0 Å². The predicted molar refractivity (Wildman–Crippen MR) is 24.6 cm³/mol. The lowest BCUT2D eigenvalue weighted by molar-refractivity contribution is 1.41. The number of hydrogen-bond donors (Lipinski definition) is 1. The van der Waals surface area contributed by atoms with Gasteiger partial charge in [-0.25, -0.2) is 0 Å². The summed E-state index contributed by atoms with van der Waals surface area (Å²) < 4.78 is 0. The van der Waals surface area contributed by atoms with Crippen molar-refractivity contribution in [1.29, 1.82) is 0 Å². The van der Waals surface area contributed by atoms with Gasteiger partial charge in [-0.1, -0.05) is 11.6 Å². The Hall–Kier alpha value is -0.430. The van der Waals surface area contributed by atoms with Crippen LogP contribution in [0.25, 0.3) is 0 Å². The second kappa shape index (κ2) is 1.35. The summed E-state index contributed by atoms with van der Waals surface area (Å²) >= 11 is 5.34. The Bertz CT molecular complexity index is 111. The molecule has 0 aliphatic heterocycles. The predicted octanol–water partition coefficient (Wildman–Crippen LogP) is 1.47. The molecule has 1 aromatic heterocycles. The molecule has 0 aliphatic rings. The molecule has 0 spiro atoms. The Morgan fingerprint density at radius 3 is 2.83 bits per heavy atom. The van der Waals surface area contributed by atoms with Crippen LogP contribution in [0.4, 0.5) is 0 Å². The summed E-state index contributed by atoms with van der Waals surface area (Å²) in [5, 5.41) is 0.565. The van der Waals surface area contributed by atoms with Crippen LogP contribution in [0.15, 0.2) is 12.3 Å². The van der Waals surface area contributed by atoms with Gasteiger partial charge in [0, 0.05) is 12.3 Å². The van der Waals surface area contributed by atoms with Gasteiger partial charge in [-0.05, 0) is 6.07 Å². The van der Waals surface area contributed by atoms with E-state index in [1.807, 2.05) is 0 Å². The maximum Gasteiger partial charge on any atom is 0.114 e. The Labute approximate surface area is 40.9 Å². The number of aromatic nitrogens is 1. The van der Waals surface area contributed by atoms with Crippen molar-refractivity contribution in [2.75, 3.05) is 0 Å². The van der Waals surface area contributed by atoms with Gasteiger partial charge in [-0.2, -0.15) is 0 Å². The van der Waals surface area contributed by atoms with Crippen LogP contribution in [0.5, 0.6) is 0 Å².